The monoisotopic (exact) mass is 294 g/mol. The first-order chi connectivity index (χ1) is 10.7. The van der Waals surface area contributed by atoms with E-state index in [0.29, 0.717) is 17.9 Å². The number of nitrogens with zero attached hydrogens (tertiary/aromatic N) is 1. The molecule has 0 saturated heterocycles. The topological polar surface area (TPSA) is 75.4 Å². The first-order valence-corrected chi connectivity index (χ1v) is 6.81. The molecule has 0 aliphatic rings. The second kappa shape index (κ2) is 6.13. The number of hydrogen-bond acceptors (Lipinski definition) is 4. The quantitative estimate of drug-likeness (QED) is 0.775. The van der Waals surface area contributed by atoms with Gasteiger partial charge in [0.1, 0.15) is 5.75 Å². The van der Waals surface area contributed by atoms with Gasteiger partial charge in [0.05, 0.1) is 5.56 Å². The van der Waals surface area contributed by atoms with Crippen LogP contribution >= 0.6 is 0 Å². The zero-order valence-electron chi connectivity index (χ0n) is 11.7. The Morgan fingerprint density at radius 1 is 1.09 bits per heavy atom. The summed E-state index contributed by atoms with van der Waals surface area (Å²) in [5.41, 5.74) is 1.67. The Labute approximate surface area is 127 Å². The Balaban J connectivity index is 1.71. The van der Waals surface area contributed by atoms with Crippen LogP contribution < -0.4 is 5.32 Å². The van der Waals surface area contributed by atoms with Crippen LogP contribution in [0, 0.1) is 0 Å². The van der Waals surface area contributed by atoms with Crippen LogP contribution in [0.15, 0.2) is 65.2 Å². The third-order valence-electron chi connectivity index (χ3n) is 3.21. The third kappa shape index (κ3) is 2.98. The lowest BCUT2D eigenvalue weighted by Gasteiger charge is -2.02. The van der Waals surface area contributed by atoms with Gasteiger partial charge in [-0.25, -0.2) is 0 Å². The number of nitrogens with one attached hydrogen (secondary N) is 1. The van der Waals surface area contributed by atoms with Gasteiger partial charge in [-0.05, 0) is 17.7 Å². The molecule has 0 atom stereocenters. The molecule has 1 amide bonds. The van der Waals surface area contributed by atoms with E-state index in [1.54, 1.807) is 24.3 Å². The number of hydrogen-bond donors (Lipinski definition) is 2. The van der Waals surface area contributed by atoms with E-state index in [1.807, 2.05) is 30.3 Å². The van der Waals surface area contributed by atoms with Crippen molar-refractivity contribution in [2.24, 2.45) is 0 Å². The van der Waals surface area contributed by atoms with E-state index in [0.717, 1.165) is 5.56 Å². The molecular formula is C17H14N2O3. The zero-order chi connectivity index (χ0) is 15.4. The van der Waals surface area contributed by atoms with Crippen molar-refractivity contribution in [2.45, 2.75) is 6.54 Å². The van der Waals surface area contributed by atoms with Crippen LogP contribution in [0.25, 0.3) is 11.3 Å². The first-order valence-electron chi connectivity index (χ1n) is 6.81. The summed E-state index contributed by atoms with van der Waals surface area (Å²) >= 11 is 0. The predicted molar refractivity (Wildman–Crippen MR) is 81.2 cm³/mol. The van der Waals surface area contributed by atoms with E-state index < -0.39 is 0 Å². The normalized spacial score (nSPS) is 10.4. The average Bonchev–Trinajstić information content (AvgIpc) is 3.04. The van der Waals surface area contributed by atoms with Gasteiger partial charge >= 0.3 is 0 Å². The number of amides is 1. The zero-order valence-corrected chi connectivity index (χ0v) is 11.7. The fourth-order valence-corrected chi connectivity index (χ4v) is 2.06. The van der Waals surface area contributed by atoms with Crippen LogP contribution in [0.2, 0.25) is 0 Å². The van der Waals surface area contributed by atoms with E-state index in [2.05, 4.69) is 10.5 Å². The summed E-state index contributed by atoms with van der Waals surface area (Å²) in [6.07, 6.45) is 0. The van der Waals surface area contributed by atoms with Crippen molar-refractivity contribution >= 4 is 5.91 Å². The smallest absolute Gasteiger partial charge is 0.273 e. The number of phenols is 1. The molecule has 110 valence electrons. The maximum absolute atomic E-state index is 12.1. The Bertz CT molecular complexity index is 781. The lowest BCUT2D eigenvalue weighted by atomic mass is 10.1. The molecule has 1 aromatic heterocycles. The summed E-state index contributed by atoms with van der Waals surface area (Å²) in [6, 6.07) is 17.8. The molecule has 2 aromatic carbocycles. The summed E-state index contributed by atoms with van der Waals surface area (Å²) in [7, 11) is 0. The van der Waals surface area contributed by atoms with E-state index >= 15 is 0 Å². The van der Waals surface area contributed by atoms with Crippen LogP contribution in [0.4, 0.5) is 0 Å². The Hall–Kier alpha value is -3.08. The molecule has 22 heavy (non-hydrogen) atoms. The predicted octanol–water partition coefficient (Wildman–Crippen LogP) is 2.98. The first kappa shape index (κ1) is 13.9. The van der Waals surface area contributed by atoms with Crippen molar-refractivity contribution in [2.75, 3.05) is 0 Å². The van der Waals surface area contributed by atoms with Crippen molar-refractivity contribution in [3.05, 3.63) is 71.9 Å². The lowest BCUT2D eigenvalue weighted by Crippen LogP contribution is -2.22. The minimum Gasteiger partial charge on any atom is -0.507 e. The summed E-state index contributed by atoms with van der Waals surface area (Å²) in [5.74, 6) is 0.104. The van der Waals surface area contributed by atoms with Crippen LogP contribution in [0.3, 0.4) is 0 Å². The van der Waals surface area contributed by atoms with Crippen molar-refractivity contribution in [3.8, 4) is 17.1 Å². The van der Waals surface area contributed by atoms with Crippen LogP contribution in [0.5, 0.6) is 5.75 Å². The van der Waals surface area contributed by atoms with E-state index in [9.17, 15) is 9.90 Å². The van der Waals surface area contributed by atoms with Gasteiger partial charge in [0, 0.05) is 12.6 Å². The van der Waals surface area contributed by atoms with Crippen molar-refractivity contribution < 1.29 is 14.4 Å². The van der Waals surface area contributed by atoms with Crippen molar-refractivity contribution in [1.29, 1.82) is 0 Å². The molecule has 0 aliphatic heterocycles. The molecule has 5 nitrogen and oxygen atoms in total. The van der Waals surface area contributed by atoms with E-state index in [4.69, 9.17) is 4.52 Å². The number of carbonyl (C=O) groups excluding carboxylic acids is 1. The third-order valence-corrected chi connectivity index (χ3v) is 3.21. The van der Waals surface area contributed by atoms with Crippen LogP contribution in [0.1, 0.15) is 16.1 Å². The Morgan fingerprint density at radius 3 is 2.59 bits per heavy atom. The number of rotatable bonds is 4. The lowest BCUT2D eigenvalue weighted by molar-refractivity contribution is 0.0942. The molecule has 0 saturated carbocycles. The molecule has 0 radical (unpaired) electrons. The molecule has 2 N–H and O–H groups in total. The minimum absolute atomic E-state index is 0.0786. The van der Waals surface area contributed by atoms with Crippen molar-refractivity contribution in [3.63, 3.8) is 0 Å². The van der Waals surface area contributed by atoms with E-state index in [1.165, 1.54) is 6.07 Å². The van der Waals surface area contributed by atoms with Gasteiger partial charge in [-0.3, -0.25) is 4.79 Å². The average molecular weight is 294 g/mol. The number of aromatic nitrogens is 1. The summed E-state index contributed by atoms with van der Waals surface area (Å²) in [4.78, 5) is 12.1. The van der Waals surface area contributed by atoms with E-state index in [-0.39, 0.29) is 17.4 Å². The molecule has 5 heteroatoms. The fraction of sp³-hybridized carbons (Fsp3) is 0.0588. The Kier molecular flexibility index (Phi) is 3.87. The molecule has 3 aromatic rings. The summed E-state index contributed by atoms with van der Waals surface area (Å²) in [5, 5.41) is 16.3. The molecule has 0 bridgehead atoms. The molecule has 3 rings (SSSR count). The highest BCUT2D eigenvalue weighted by Crippen LogP contribution is 2.28. The SMILES string of the molecule is O=C(NCc1ccccc1)c1cc(-c2ccccc2O)on1. The summed E-state index contributed by atoms with van der Waals surface area (Å²) < 4.78 is 5.13. The standard InChI is InChI=1S/C17H14N2O3/c20-15-9-5-4-8-13(15)16-10-14(19-22-16)17(21)18-11-12-6-2-1-3-7-12/h1-10,20H,11H2,(H,18,21). The minimum atomic E-state index is -0.325. The fourth-order valence-electron chi connectivity index (χ4n) is 2.06. The maximum atomic E-state index is 12.1. The number of para-hydroxylation sites is 1. The maximum Gasteiger partial charge on any atom is 0.273 e. The van der Waals surface area contributed by atoms with Gasteiger partial charge < -0.3 is 14.9 Å². The molecule has 0 fully saturated rings. The van der Waals surface area contributed by atoms with Gasteiger partial charge in [-0.15, -0.1) is 0 Å². The van der Waals surface area contributed by atoms with Gasteiger partial charge in [-0.1, -0.05) is 47.6 Å². The van der Waals surface area contributed by atoms with Gasteiger partial charge in [-0.2, -0.15) is 0 Å². The molecule has 1 heterocycles. The second-order valence-electron chi connectivity index (χ2n) is 4.76. The second-order valence-corrected chi connectivity index (χ2v) is 4.76. The highest BCUT2D eigenvalue weighted by Gasteiger charge is 2.15. The van der Waals surface area contributed by atoms with Crippen molar-refractivity contribution in [1.82, 2.24) is 10.5 Å². The Morgan fingerprint density at radius 2 is 1.82 bits per heavy atom. The molecule has 0 unspecified atom stereocenters. The van der Waals surface area contributed by atoms with Crippen LogP contribution in [-0.4, -0.2) is 16.2 Å². The number of benzene rings is 2. The van der Waals surface area contributed by atoms with Crippen LogP contribution in [-0.2, 0) is 6.54 Å². The number of aromatic hydroxyl groups is 1. The van der Waals surface area contributed by atoms with Gasteiger partial charge in [0.2, 0.25) is 0 Å². The summed E-state index contributed by atoms with van der Waals surface area (Å²) in [6.45, 7) is 0.415. The number of carbonyl (C=O) groups is 1. The highest BCUT2D eigenvalue weighted by atomic mass is 16.5. The number of phenolic OH excluding ortho intramolecular Hbond substituents is 1. The largest absolute Gasteiger partial charge is 0.507 e. The molecular weight excluding hydrogens is 280 g/mol. The van der Waals surface area contributed by atoms with Gasteiger partial charge in [0.25, 0.3) is 5.91 Å². The van der Waals surface area contributed by atoms with Gasteiger partial charge in [0.15, 0.2) is 11.5 Å². The highest BCUT2D eigenvalue weighted by molar-refractivity contribution is 5.93. The molecule has 0 aliphatic carbocycles. The molecule has 0 spiro atoms.